The Morgan fingerprint density at radius 1 is 0.938 bits per heavy atom. The van der Waals surface area contributed by atoms with Crippen LogP contribution in [0.1, 0.15) is 11.1 Å². The SMILES string of the molecule is Cc1ccc(O)cc1N.Cc1ccccc1. The number of anilines is 1. The van der Waals surface area contributed by atoms with Crippen LogP contribution in [0.3, 0.4) is 0 Å². The molecule has 3 N–H and O–H groups in total. The number of benzene rings is 2. The van der Waals surface area contributed by atoms with Crippen LogP contribution in [0.25, 0.3) is 0 Å². The summed E-state index contributed by atoms with van der Waals surface area (Å²) in [6.45, 7) is 3.98. The molecule has 0 bridgehead atoms. The van der Waals surface area contributed by atoms with E-state index in [0.717, 1.165) is 5.56 Å². The fourth-order valence-electron chi connectivity index (χ4n) is 1.16. The van der Waals surface area contributed by atoms with Crippen LogP contribution in [-0.2, 0) is 0 Å². The average Bonchev–Trinajstić information content (AvgIpc) is 2.26. The summed E-state index contributed by atoms with van der Waals surface area (Å²) in [5.74, 6) is 0.220. The van der Waals surface area contributed by atoms with E-state index in [1.165, 1.54) is 11.6 Å². The Morgan fingerprint density at radius 3 is 1.94 bits per heavy atom. The minimum atomic E-state index is 0.220. The molecule has 16 heavy (non-hydrogen) atoms. The first-order valence-corrected chi connectivity index (χ1v) is 5.16. The van der Waals surface area contributed by atoms with Crippen molar-refractivity contribution in [3.8, 4) is 5.75 Å². The maximum absolute atomic E-state index is 8.86. The van der Waals surface area contributed by atoms with E-state index in [2.05, 4.69) is 19.1 Å². The molecular formula is C14H17NO. The second kappa shape index (κ2) is 5.81. The standard InChI is InChI=1S/C7H9NO.C7H8/c1-5-2-3-6(9)4-7(5)8;1-7-5-3-2-4-6-7/h2-4,9H,8H2,1H3;2-6H,1H3. The van der Waals surface area contributed by atoms with Crippen LogP contribution in [0.5, 0.6) is 5.75 Å². The molecule has 2 aromatic rings. The number of phenolic OH excluding ortho intramolecular Hbond substituents is 1. The van der Waals surface area contributed by atoms with Gasteiger partial charge in [0.2, 0.25) is 0 Å². The molecule has 84 valence electrons. The monoisotopic (exact) mass is 215 g/mol. The van der Waals surface area contributed by atoms with Gasteiger partial charge in [0.1, 0.15) is 5.75 Å². The van der Waals surface area contributed by atoms with E-state index in [1.807, 2.05) is 25.1 Å². The maximum Gasteiger partial charge on any atom is 0.117 e. The van der Waals surface area contributed by atoms with E-state index in [4.69, 9.17) is 10.8 Å². The van der Waals surface area contributed by atoms with Crippen molar-refractivity contribution in [3.05, 3.63) is 59.7 Å². The number of aromatic hydroxyl groups is 1. The Balaban J connectivity index is 0.000000165. The van der Waals surface area contributed by atoms with E-state index in [0.29, 0.717) is 5.69 Å². The van der Waals surface area contributed by atoms with Gasteiger partial charge in [0.05, 0.1) is 0 Å². The molecule has 0 saturated heterocycles. The molecule has 0 radical (unpaired) electrons. The van der Waals surface area contributed by atoms with Crippen molar-refractivity contribution in [1.29, 1.82) is 0 Å². The molecule has 0 unspecified atom stereocenters. The van der Waals surface area contributed by atoms with Gasteiger partial charge in [-0.05, 0) is 25.5 Å². The predicted molar refractivity (Wildman–Crippen MR) is 68.4 cm³/mol. The molecule has 2 nitrogen and oxygen atoms in total. The van der Waals surface area contributed by atoms with E-state index in [1.54, 1.807) is 12.1 Å². The van der Waals surface area contributed by atoms with Crippen LogP contribution in [0.15, 0.2) is 48.5 Å². The van der Waals surface area contributed by atoms with E-state index >= 15 is 0 Å². The van der Waals surface area contributed by atoms with Gasteiger partial charge in [-0.15, -0.1) is 0 Å². The largest absolute Gasteiger partial charge is 0.508 e. The van der Waals surface area contributed by atoms with Crippen LogP contribution in [0, 0.1) is 13.8 Å². The molecule has 2 rings (SSSR count). The summed E-state index contributed by atoms with van der Waals surface area (Å²) < 4.78 is 0. The molecule has 0 amide bonds. The Kier molecular flexibility index (Phi) is 4.40. The lowest BCUT2D eigenvalue weighted by Crippen LogP contribution is -1.86. The first kappa shape index (κ1) is 12.1. The van der Waals surface area contributed by atoms with Crippen molar-refractivity contribution in [2.75, 3.05) is 5.73 Å². The number of hydrogen-bond donors (Lipinski definition) is 2. The van der Waals surface area contributed by atoms with Gasteiger partial charge in [-0.2, -0.15) is 0 Å². The molecule has 0 spiro atoms. The number of nitrogens with two attached hydrogens (primary N) is 1. The molecule has 0 fully saturated rings. The highest BCUT2D eigenvalue weighted by molar-refractivity contribution is 5.49. The van der Waals surface area contributed by atoms with Crippen molar-refractivity contribution in [1.82, 2.24) is 0 Å². The second-order valence-electron chi connectivity index (χ2n) is 3.70. The van der Waals surface area contributed by atoms with Gasteiger partial charge < -0.3 is 10.8 Å². The van der Waals surface area contributed by atoms with Gasteiger partial charge in [0.25, 0.3) is 0 Å². The average molecular weight is 215 g/mol. The molecule has 0 heterocycles. The number of hydrogen-bond acceptors (Lipinski definition) is 2. The Hall–Kier alpha value is -1.96. The lowest BCUT2D eigenvalue weighted by molar-refractivity contribution is 0.475. The molecule has 0 aliphatic carbocycles. The summed E-state index contributed by atoms with van der Waals surface area (Å²) in [7, 11) is 0. The van der Waals surface area contributed by atoms with Gasteiger partial charge in [-0.1, -0.05) is 42.0 Å². The Morgan fingerprint density at radius 2 is 1.56 bits per heavy atom. The summed E-state index contributed by atoms with van der Waals surface area (Å²) >= 11 is 0. The minimum absolute atomic E-state index is 0.220. The van der Waals surface area contributed by atoms with Crippen molar-refractivity contribution >= 4 is 5.69 Å². The minimum Gasteiger partial charge on any atom is -0.508 e. The first-order chi connectivity index (χ1) is 7.59. The highest BCUT2D eigenvalue weighted by Crippen LogP contribution is 2.16. The van der Waals surface area contributed by atoms with Crippen LogP contribution >= 0.6 is 0 Å². The summed E-state index contributed by atoms with van der Waals surface area (Å²) in [6, 6.07) is 15.2. The predicted octanol–water partition coefficient (Wildman–Crippen LogP) is 3.28. The van der Waals surface area contributed by atoms with Gasteiger partial charge in [0, 0.05) is 11.8 Å². The fraction of sp³-hybridized carbons (Fsp3) is 0.143. The molecule has 0 atom stereocenters. The third-order valence-corrected chi connectivity index (χ3v) is 2.20. The van der Waals surface area contributed by atoms with Crippen LogP contribution in [-0.4, -0.2) is 5.11 Å². The van der Waals surface area contributed by atoms with Crippen molar-refractivity contribution in [2.45, 2.75) is 13.8 Å². The number of rotatable bonds is 0. The molecule has 0 aliphatic rings. The Bertz CT molecular complexity index is 438. The van der Waals surface area contributed by atoms with Crippen LogP contribution in [0.2, 0.25) is 0 Å². The van der Waals surface area contributed by atoms with E-state index in [9.17, 15) is 0 Å². The van der Waals surface area contributed by atoms with Crippen LogP contribution in [0.4, 0.5) is 5.69 Å². The lowest BCUT2D eigenvalue weighted by Gasteiger charge is -1.97. The molecule has 2 heteroatoms. The molecule has 0 aliphatic heterocycles. The Labute approximate surface area is 96.4 Å². The topological polar surface area (TPSA) is 46.2 Å². The van der Waals surface area contributed by atoms with Gasteiger partial charge in [-0.25, -0.2) is 0 Å². The number of nitrogen functional groups attached to an aromatic ring is 1. The van der Waals surface area contributed by atoms with Gasteiger partial charge in [0.15, 0.2) is 0 Å². The van der Waals surface area contributed by atoms with Crippen molar-refractivity contribution in [2.24, 2.45) is 0 Å². The lowest BCUT2D eigenvalue weighted by atomic mass is 10.2. The normalized spacial score (nSPS) is 9.12. The molecule has 0 saturated carbocycles. The first-order valence-electron chi connectivity index (χ1n) is 5.16. The zero-order valence-electron chi connectivity index (χ0n) is 9.64. The second-order valence-corrected chi connectivity index (χ2v) is 3.70. The fourth-order valence-corrected chi connectivity index (χ4v) is 1.16. The van der Waals surface area contributed by atoms with Crippen LogP contribution < -0.4 is 5.73 Å². The third kappa shape index (κ3) is 4.05. The smallest absolute Gasteiger partial charge is 0.117 e. The van der Waals surface area contributed by atoms with E-state index in [-0.39, 0.29) is 5.75 Å². The molecule has 0 aromatic heterocycles. The zero-order chi connectivity index (χ0) is 12.0. The summed E-state index contributed by atoms with van der Waals surface area (Å²) in [4.78, 5) is 0. The summed E-state index contributed by atoms with van der Waals surface area (Å²) in [6.07, 6.45) is 0. The number of aryl methyl sites for hydroxylation is 2. The van der Waals surface area contributed by atoms with Gasteiger partial charge >= 0.3 is 0 Å². The quantitative estimate of drug-likeness (QED) is 0.662. The highest BCUT2D eigenvalue weighted by atomic mass is 16.3. The maximum atomic E-state index is 8.86. The van der Waals surface area contributed by atoms with E-state index < -0.39 is 0 Å². The zero-order valence-corrected chi connectivity index (χ0v) is 9.64. The highest BCUT2D eigenvalue weighted by Gasteiger charge is 1.91. The van der Waals surface area contributed by atoms with Gasteiger partial charge in [-0.3, -0.25) is 0 Å². The summed E-state index contributed by atoms with van der Waals surface area (Å²) in [5.41, 5.74) is 8.41. The molecular weight excluding hydrogens is 198 g/mol. The summed E-state index contributed by atoms with van der Waals surface area (Å²) in [5, 5.41) is 8.86. The molecule has 2 aromatic carbocycles. The van der Waals surface area contributed by atoms with Crippen molar-refractivity contribution < 1.29 is 5.11 Å². The van der Waals surface area contributed by atoms with Crippen molar-refractivity contribution in [3.63, 3.8) is 0 Å². The number of phenols is 1. The third-order valence-electron chi connectivity index (χ3n) is 2.20.